The SMILES string of the molecule is CC(C)(C)C(=O)CNC(=O)c1ccc(C(F)(F)F)cc1. The molecule has 1 aromatic carbocycles. The number of alkyl halides is 3. The zero-order valence-corrected chi connectivity index (χ0v) is 11.5. The summed E-state index contributed by atoms with van der Waals surface area (Å²) in [4.78, 5) is 23.3. The first-order valence-electron chi connectivity index (χ1n) is 6.00. The molecule has 0 aromatic heterocycles. The van der Waals surface area contributed by atoms with Crippen molar-refractivity contribution in [1.29, 1.82) is 0 Å². The second-order valence-corrected chi connectivity index (χ2v) is 5.43. The molecule has 20 heavy (non-hydrogen) atoms. The molecule has 0 spiro atoms. The zero-order chi connectivity index (χ0) is 15.6. The molecule has 0 unspecified atom stereocenters. The highest BCUT2D eigenvalue weighted by Crippen LogP contribution is 2.29. The second kappa shape index (κ2) is 5.64. The first kappa shape index (κ1) is 16.2. The van der Waals surface area contributed by atoms with E-state index in [1.807, 2.05) is 0 Å². The number of hydrogen-bond donors (Lipinski definition) is 1. The Hall–Kier alpha value is -1.85. The molecular formula is C14H16F3NO2. The van der Waals surface area contributed by atoms with Crippen LogP contribution in [0.4, 0.5) is 13.2 Å². The standard InChI is InChI=1S/C14H16F3NO2/c1-13(2,3)11(19)8-18-12(20)9-4-6-10(7-5-9)14(15,16)17/h4-7H,8H2,1-3H3,(H,18,20). The molecule has 1 amide bonds. The van der Waals surface area contributed by atoms with Gasteiger partial charge in [0.25, 0.3) is 5.91 Å². The van der Waals surface area contributed by atoms with Crippen LogP contribution in [0.3, 0.4) is 0 Å². The molecule has 0 aliphatic carbocycles. The number of amides is 1. The number of carbonyl (C=O) groups excluding carboxylic acids is 2. The van der Waals surface area contributed by atoms with E-state index in [1.165, 1.54) is 0 Å². The van der Waals surface area contributed by atoms with Gasteiger partial charge in [-0.3, -0.25) is 9.59 Å². The minimum absolute atomic E-state index is 0.0831. The summed E-state index contributed by atoms with van der Waals surface area (Å²) in [6.07, 6.45) is -4.43. The van der Waals surface area contributed by atoms with Crippen molar-refractivity contribution in [3.63, 3.8) is 0 Å². The summed E-state index contributed by atoms with van der Waals surface area (Å²) in [5.41, 5.74) is -1.31. The smallest absolute Gasteiger partial charge is 0.345 e. The van der Waals surface area contributed by atoms with Crippen LogP contribution >= 0.6 is 0 Å². The lowest BCUT2D eigenvalue weighted by atomic mass is 9.91. The van der Waals surface area contributed by atoms with Crippen molar-refractivity contribution < 1.29 is 22.8 Å². The summed E-state index contributed by atoms with van der Waals surface area (Å²) in [6, 6.07) is 3.83. The second-order valence-electron chi connectivity index (χ2n) is 5.43. The van der Waals surface area contributed by atoms with Crippen molar-refractivity contribution >= 4 is 11.7 Å². The van der Waals surface area contributed by atoms with Gasteiger partial charge in [-0.05, 0) is 24.3 Å². The Labute approximate surface area is 115 Å². The molecule has 3 nitrogen and oxygen atoms in total. The van der Waals surface area contributed by atoms with Gasteiger partial charge in [0.1, 0.15) is 0 Å². The van der Waals surface area contributed by atoms with Crippen molar-refractivity contribution in [1.82, 2.24) is 5.32 Å². The number of hydrogen-bond acceptors (Lipinski definition) is 2. The molecule has 1 aromatic rings. The highest BCUT2D eigenvalue weighted by Gasteiger charge is 2.30. The molecule has 0 saturated carbocycles. The van der Waals surface area contributed by atoms with E-state index in [0.29, 0.717) is 0 Å². The molecule has 0 aliphatic heterocycles. The Bertz CT molecular complexity index is 499. The van der Waals surface area contributed by atoms with Crippen molar-refractivity contribution in [2.45, 2.75) is 26.9 Å². The van der Waals surface area contributed by atoms with Gasteiger partial charge in [-0.2, -0.15) is 13.2 Å². The van der Waals surface area contributed by atoms with Crippen molar-refractivity contribution in [3.05, 3.63) is 35.4 Å². The highest BCUT2D eigenvalue weighted by molar-refractivity contribution is 5.97. The number of rotatable bonds is 3. The summed E-state index contributed by atoms with van der Waals surface area (Å²) in [5.74, 6) is -0.728. The van der Waals surface area contributed by atoms with Crippen LogP contribution in [0.5, 0.6) is 0 Å². The number of carbonyl (C=O) groups is 2. The van der Waals surface area contributed by atoms with Gasteiger partial charge in [0.2, 0.25) is 0 Å². The average Bonchev–Trinajstić information content (AvgIpc) is 2.33. The Morgan fingerprint density at radius 2 is 1.55 bits per heavy atom. The zero-order valence-electron chi connectivity index (χ0n) is 11.5. The summed E-state index contributed by atoms with van der Waals surface area (Å²) in [7, 11) is 0. The minimum Gasteiger partial charge on any atom is -0.345 e. The lowest BCUT2D eigenvalue weighted by Crippen LogP contribution is -2.35. The van der Waals surface area contributed by atoms with Gasteiger partial charge in [0.05, 0.1) is 12.1 Å². The van der Waals surface area contributed by atoms with Crippen LogP contribution in [-0.2, 0) is 11.0 Å². The molecule has 0 fully saturated rings. The fraction of sp³-hybridized carbons (Fsp3) is 0.429. The van der Waals surface area contributed by atoms with Gasteiger partial charge in [0, 0.05) is 11.0 Å². The van der Waals surface area contributed by atoms with E-state index >= 15 is 0 Å². The van der Waals surface area contributed by atoms with E-state index in [2.05, 4.69) is 5.32 Å². The van der Waals surface area contributed by atoms with Gasteiger partial charge >= 0.3 is 6.18 Å². The first-order valence-corrected chi connectivity index (χ1v) is 6.00. The third kappa shape index (κ3) is 4.36. The largest absolute Gasteiger partial charge is 0.416 e. The van der Waals surface area contributed by atoms with Crippen molar-refractivity contribution in [3.8, 4) is 0 Å². The predicted octanol–water partition coefficient (Wildman–Crippen LogP) is 3.05. The van der Waals surface area contributed by atoms with E-state index in [-0.39, 0.29) is 17.9 Å². The molecule has 1 N–H and O–H groups in total. The molecule has 0 atom stereocenters. The molecule has 6 heteroatoms. The third-order valence-electron chi connectivity index (χ3n) is 2.72. The lowest BCUT2D eigenvalue weighted by molar-refractivity contribution is -0.137. The topological polar surface area (TPSA) is 46.2 Å². The molecule has 0 radical (unpaired) electrons. The lowest BCUT2D eigenvalue weighted by Gasteiger charge is -2.16. The van der Waals surface area contributed by atoms with Crippen LogP contribution in [0, 0.1) is 5.41 Å². The summed E-state index contributed by atoms with van der Waals surface area (Å²) >= 11 is 0. The maximum absolute atomic E-state index is 12.4. The quantitative estimate of drug-likeness (QED) is 0.928. The Balaban J connectivity index is 2.68. The molecule has 0 saturated heterocycles. The molecule has 1 rings (SSSR count). The fourth-order valence-electron chi connectivity index (χ4n) is 1.34. The number of halogens is 3. The van der Waals surface area contributed by atoms with Crippen molar-refractivity contribution in [2.75, 3.05) is 6.54 Å². The van der Waals surface area contributed by atoms with E-state index in [1.54, 1.807) is 20.8 Å². The summed E-state index contributed by atoms with van der Waals surface area (Å²) in [5, 5.41) is 2.39. The third-order valence-corrected chi connectivity index (χ3v) is 2.72. The maximum atomic E-state index is 12.4. The van der Waals surface area contributed by atoms with Crippen LogP contribution in [0.1, 0.15) is 36.7 Å². The fourth-order valence-corrected chi connectivity index (χ4v) is 1.34. The predicted molar refractivity (Wildman–Crippen MR) is 68.2 cm³/mol. The summed E-state index contributed by atoms with van der Waals surface area (Å²) in [6.45, 7) is 5.02. The summed E-state index contributed by atoms with van der Waals surface area (Å²) < 4.78 is 37.1. The monoisotopic (exact) mass is 287 g/mol. The van der Waals surface area contributed by atoms with E-state index in [0.717, 1.165) is 24.3 Å². The molecular weight excluding hydrogens is 271 g/mol. The van der Waals surface area contributed by atoms with Gasteiger partial charge in [-0.1, -0.05) is 20.8 Å². The van der Waals surface area contributed by atoms with Crippen LogP contribution in [0.2, 0.25) is 0 Å². The van der Waals surface area contributed by atoms with E-state index in [4.69, 9.17) is 0 Å². The number of benzene rings is 1. The van der Waals surface area contributed by atoms with E-state index in [9.17, 15) is 22.8 Å². The van der Waals surface area contributed by atoms with Crippen molar-refractivity contribution in [2.24, 2.45) is 5.41 Å². The number of Topliss-reactive ketones (excluding diaryl/α,β-unsaturated/α-hetero) is 1. The number of nitrogens with one attached hydrogen (secondary N) is 1. The van der Waals surface area contributed by atoms with Gasteiger partial charge in [0.15, 0.2) is 5.78 Å². The molecule has 0 aliphatic rings. The van der Waals surface area contributed by atoms with Gasteiger partial charge < -0.3 is 5.32 Å². The van der Waals surface area contributed by atoms with Gasteiger partial charge in [-0.25, -0.2) is 0 Å². The van der Waals surface area contributed by atoms with Crippen LogP contribution in [0.25, 0.3) is 0 Å². The Morgan fingerprint density at radius 3 is 1.95 bits per heavy atom. The molecule has 110 valence electrons. The van der Waals surface area contributed by atoms with Crippen LogP contribution < -0.4 is 5.32 Å². The number of ketones is 1. The highest BCUT2D eigenvalue weighted by atomic mass is 19.4. The van der Waals surface area contributed by atoms with Gasteiger partial charge in [-0.15, -0.1) is 0 Å². The Morgan fingerprint density at radius 1 is 1.05 bits per heavy atom. The van der Waals surface area contributed by atoms with Crippen LogP contribution in [0.15, 0.2) is 24.3 Å². The normalized spacial score (nSPS) is 12.1. The maximum Gasteiger partial charge on any atom is 0.416 e. The van der Waals surface area contributed by atoms with Crippen LogP contribution in [-0.4, -0.2) is 18.2 Å². The van der Waals surface area contributed by atoms with E-state index < -0.39 is 23.1 Å². The average molecular weight is 287 g/mol. The molecule has 0 bridgehead atoms. The Kier molecular flexibility index (Phi) is 4.57. The first-order chi connectivity index (χ1) is 9.01. The molecule has 0 heterocycles. The minimum atomic E-state index is -4.43.